The number of carboxylic acid groups (broad SMARTS) is 1. The van der Waals surface area contributed by atoms with Crippen LogP contribution in [-0.4, -0.2) is 18.1 Å². The van der Waals surface area contributed by atoms with Gasteiger partial charge in [0, 0.05) is 5.69 Å². The molecule has 0 aliphatic heterocycles. The van der Waals surface area contributed by atoms with Crippen LogP contribution in [0.15, 0.2) is 24.3 Å². The molecular weight excluding hydrogens is 158 g/mol. The number of benzene rings is 1. The highest BCUT2D eigenvalue weighted by atomic mass is 16.5. The molecule has 4 heteroatoms. The minimum Gasteiger partial charge on any atom is -0.758 e. The molecule has 1 rings (SSSR count). The predicted octanol–water partition coefficient (Wildman–Crippen LogP) is 1.32. The van der Waals surface area contributed by atoms with Gasteiger partial charge in [-0.2, -0.15) is 0 Å². The molecule has 0 spiro atoms. The molecule has 0 aliphatic carbocycles. The summed E-state index contributed by atoms with van der Waals surface area (Å²) in [6.45, 7) is 0. The Kier molecular flexibility index (Phi) is 2.30. The molecule has 0 fully saturated rings. The van der Waals surface area contributed by atoms with Crippen LogP contribution in [0.3, 0.4) is 0 Å². The van der Waals surface area contributed by atoms with Crippen molar-refractivity contribution < 1.29 is 9.90 Å². The van der Waals surface area contributed by atoms with Crippen LogP contribution in [0.25, 0.3) is 0 Å². The third-order valence-corrected chi connectivity index (χ3v) is 1.46. The van der Waals surface area contributed by atoms with Crippen molar-refractivity contribution in [3.05, 3.63) is 35.0 Å². The summed E-state index contributed by atoms with van der Waals surface area (Å²) in [5, 5.41) is 19.9. The van der Waals surface area contributed by atoms with Gasteiger partial charge in [0.05, 0.1) is 5.56 Å². The summed E-state index contributed by atoms with van der Waals surface area (Å²) in [7, 11) is 1.32. The second kappa shape index (κ2) is 3.23. The van der Waals surface area contributed by atoms with E-state index < -0.39 is 5.97 Å². The van der Waals surface area contributed by atoms with E-state index in [-0.39, 0.29) is 5.56 Å². The van der Waals surface area contributed by atoms with E-state index in [1.54, 1.807) is 6.07 Å². The molecule has 0 unspecified atom stereocenters. The van der Waals surface area contributed by atoms with Crippen LogP contribution in [0.2, 0.25) is 0 Å². The Bertz CT molecular complexity index is 296. The van der Waals surface area contributed by atoms with E-state index in [2.05, 4.69) is 0 Å². The standard InChI is InChI=1S/C8H8NO3/c1-9(12)7-4-2-3-6(5-7)8(10)11/h2-5H,1H3,(H,10,11)/q-1. The van der Waals surface area contributed by atoms with Gasteiger partial charge in [0.25, 0.3) is 0 Å². The molecule has 1 N–H and O–H groups in total. The maximum Gasteiger partial charge on any atom is 0.335 e. The maximum atomic E-state index is 10.7. The number of rotatable bonds is 2. The number of hydrogen-bond acceptors (Lipinski definition) is 3. The SMILES string of the molecule is CN([O-])c1cccc(C(=O)O)c1. The molecule has 0 aliphatic rings. The summed E-state index contributed by atoms with van der Waals surface area (Å²) in [4.78, 5) is 10.5. The zero-order valence-electron chi connectivity index (χ0n) is 6.52. The van der Waals surface area contributed by atoms with Crippen LogP contribution in [0.5, 0.6) is 0 Å². The molecule has 0 aromatic heterocycles. The quantitative estimate of drug-likeness (QED) is 0.673. The van der Waals surface area contributed by atoms with E-state index in [0.29, 0.717) is 10.8 Å². The van der Waals surface area contributed by atoms with Gasteiger partial charge in [-0.3, -0.25) is 0 Å². The van der Waals surface area contributed by atoms with Crippen LogP contribution < -0.4 is 5.06 Å². The highest BCUT2D eigenvalue weighted by molar-refractivity contribution is 5.88. The van der Waals surface area contributed by atoms with Gasteiger partial charge in [0.2, 0.25) is 0 Å². The highest BCUT2D eigenvalue weighted by Crippen LogP contribution is 2.13. The van der Waals surface area contributed by atoms with Gasteiger partial charge in [-0.15, -0.1) is 0 Å². The molecule has 0 saturated heterocycles. The topological polar surface area (TPSA) is 63.6 Å². The summed E-state index contributed by atoms with van der Waals surface area (Å²) < 4.78 is 0. The van der Waals surface area contributed by atoms with Gasteiger partial charge in [-0.25, -0.2) is 4.79 Å². The lowest BCUT2D eigenvalue weighted by Gasteiger charge is -2.24. The van der Waals surface area contributed by atoms with Crippen molar-refractivity contribution >= 4 is 11.7 Å². The molecule has 0 saturated carbocycles. The lowest BCUT2D eigenvalue weighted by atomic mass is 10.2. The van der Waals surface area contributed by atoms with Crippen molar-refractivity contribution in [1.29, 1.82) is 0 Å². The van der Waals surface area contributed by atoms with Crippen LogP contribution in [0.4, 0.5) is 5.69 Å². The Morgan fingerprint density at radius 2 is 2.25 bits per heavy atom. The summed E-state index contributed by atoms with van der Waals surface area (Å²) in [6.07, 6.45) is 0. The Labute approximate surface area is 69.6 Å². The molecule has 4 nitrogen and oxygen atoms in total. The van der Waals surface area contributed by atoms with Crippen molar-refractivity contribution in [2.24, 2.45) is 0 Å². The molecule has 0 bridgehead atoms. The molecule has 0 heterocycles. The molecule has 0 radical (unpaired) electrons. The normalized spacial score (nSPS) is 9.50. The first-order chi connectivity index (χ1) is 5.61. The van der Waals surface area contributed by atoms with E-state index in [1.165, 1.54) is 25.2 Å². The lowest BCUT2D eigenvalue weighted by Crippen LogP contribution is -2.07. The summed E-state index contributed by atoms with van der Waals surface area (Å²) >= 11 is 0. The van der Waals surface area contributed by atoms with Gasteiger partial charge < -0.3 is 15.4 Å². The van der Waals surface area contributed by atoms with Gasteiger partial charge in [-0.1, -0.05) is 6.07 Å². The molecular formula is C8H8NO3-. The van der Waals surface area contributed by atoms with E-state index >= 15 is 0 Å². The van der Waals surface area contributed by atoms with E-state index in [9.17, 15) is 10.0 Å². The average Bonchev–Trinajstić information content (AvgIpc) is 2.04. The number of hydroxylamine groups is 1. The first-order valence-corrected chi connectivity index (χ1v) is 3.35. The highest BCUT2D eigenvalue weighted by Gasteiger charge is 2.01. The van der Waals surface area contributed by atoms with Gasteiger partial charge >= 0.3 is 5.97 Å². The number of carbonyl (C=O) groups is 1. The third-order valence-electron chi connectivity index (χ3n) is 1.46. The van der Waals surface area contributed by atoms with Gasteiger partial charge in [-0.05, 0) is 25.2 Å². The first kappa shape index (κ1) is 8.55. The lowest BCUT2D eigenvalue weighted by molar-refractivity contribution is 0.0697. The summed E-state index contributed by atoms with van der Waals surface area (Å²) in [6, 6.07) is 5.86. The van der Waals surface area contributed by atoms with Crippen molar-refractivity contribution in [3.8, 4) is 0 Å². The Morgan fingerprint density at radius 3 is 2.75 bits per heavy atom. The monoisotopic (exact) mass is 166 g/mol. The minimum absolute atomic E-state index is 0.121. The van der Waals surface area contributed by atoms with E-state index in [1.807, 2.05) is 0 Å². The smallest absolute Gasteiger partial charge is 0.335 e. The third kappa shape index (κ3) is 1.73. The van der Waals surface area contributed by atoms with Crippen LogP contribution in [0.1, 0.15) is 10.4 Å². The van der Waals surface area contributed by atoms with Crippen molar-refractivity contribution in [2.45, 2.75) is 0 Å². The summed E-state index contributed by atoms with van der Waals surface area (Å²) in [5.74, 6) is -1.03. The zero-order valence-corrected chi connectivity index (χ0v) is 6.52. The number of anilines is 1. The predicted molar refractivity (Wildman–Crippen MR) is 45.2 cm³/mol. The van der Waals surface area contributed by atoms with Crippen molar-refractivity contribution in [2.75, 3.05) is 12.1 Å². The zero-order chi connectivity index (χ0) is 9.14. The van der Waals surface area contributed by atoms with E-state index in [0.717, 1.165) is 0 Å². The average molecular weight is 166 g/mol. The van der Waals surface area contributed by atoms with Crippen LogP contribution >= 0.6 is 0 Å². The second-order valence-corrected chi connectivity index (χ2v) is 2.35. The molecule has 1 aromatic carbocycles. The van der Waals surface area contributed by atoms with Gasteiger partial charge in [0.1, 0.15) is 0 Å². The fourth-order valence-electron chi connectivity index (χ4n) is 0.835. The number of hydrogen-bond donors (Lipinski definition) is 1. The number of carboxylic acids is 1. The Balaban J connectivity index is 3.04. The largest absolute Gasteiger partial charge is 0.758 e. The number of nitrogens with zero attached hydrogens (tertiary/aromatic N) is 1. The van der Waals surface area contributed by atoms with E-state index in [4.69, 9.17) is 5.11 Å². The maximum absolute atomic E-state index is 10.7. The first-order valence-electron chi connectivity index (χ1n) is 3.35. The molecule has 0 atom stereocenters. The Hall–Kier alpha value is -1.55. The Morgan fingerprint density at radius 1 is 1.58 bits per heavy atom. The molecule has 1 aromatic rings. The summed E-state index contributed by atoms with van der Waals surface area (Å²) in [5.41, 5.74) is 0.463. The minimum atomic E-state index is -1.03. The molecule has 64 valence electrons. The fourth-order valence-corrected chi connectivity index (χ4v) is 0.835. The fraction of sp³-hybridized carbons (Fsp3) is 0.125. The molecule has 12 heavy (non-hydrogen) atoms. The second-order valence-electron chi connectivity index (χ2n) is 2.35. The van der Waals surface area contributed by atoms with Crippen molar-refractivity contribution in [1.82, 2.24) is 0 Å². The van der Waals surface area contributed by atoms with Gasteiger partial charge in [0.15, 0.2) is 0 Å². The number of aromatic carboxylic acids is 1. The molecule has 0 amide bonds. The van der Waals surface area contributed by atoms with Crippen LogP contribution in [0, 0.1) is 5.21 Å². The van der Waals surface area contributed by atoms with Crippen LogP contribution in [-0.2, 0) is 0 Å². The van der Waals surface area contributed by atoms with Crippen molar-refractivity contribution in [3.63, 3.8) is 0 Å².